The molecule has 4 rings (SSSR count). The Bertz CT molecular complexity index is 1320. The van der Waals surface area contributed by atoms with Gasteiger partial charge in [0, 0.05) is 15.4 Å². The molecule has 1 aromatic heterocycles. The Kier molecular flexibility index (Phi) is 6.65. The number of hydrogen-bond donors (Lipinski definition) is 1. The molecule has 9 heteroatoms. The molecule has 6 nitrogen and oxygen atoms in total. The minimum atomic E-state index is -0.634. The van der Waals surface area contributed by atoms with Gasteiger partial charge in [0.05, 0.1) is 17.1 Å². The van der Waals surface area contributed by atoms with Gasteiger partial charge in [0.25, 0.3) is 0 Å². The molecule has 0 unspecified atom stereocenters. The van der Waals surface area contributed by atoms with E-state index < -0.39 is 5.91 Å². The van der Waals surface area contributed by atoms with Gasteiger partial charge in [0.2, 0.25) is 5.88 Å². The molecule has 0 bridgehead atoms. The van der Waals surface area contributed by atoms with Gasteiger partial charge < -0.3 is 14.4 Å². The quantitative estimate of drug-likeness (QED) is 0.296. The van der Waals surface area contributed by atoms with Crippen molar-refractivity contribution in [3.05, 3.63) is 87.4 Å². The average molecular weight is 489 g/mol. The maximum absolute atomic E-state index is 12.2. The highest BCUT2D eigenvalue weighted by atomic mass is 35.5. The molecule has 0 aliphatic carbocycles. The lowest BCUT2D eigenvalue weighted by Crippen LogP contribution is -2.08. The van der Waals surface area contributed by atoms with Gasteiger partial charge in [-0.25, -0.2) is 0 Å². The number of benzene rings is 3. The van der Waals surface area contributed by atoms with Gasteiger partial charge in [0.1, 0.15) is 5.75 Å². The molecule has 0 atom stereocenters. The summed E-state index contributed by atoms with van der Waals surface area (Å²) in [4.78, 5) is 12.2. The van der Waals surface area contributed by atoms with E-state index in [1.165, 1.54) is 6.07 Å². The number of azo groups is 1. The van der Waals surface area contributed by atoms with Crippen molar-refractivity contribution in [1.29, 1.82) is 0 Å². The van der Waals surface area contributed by atoms with E-state index in [1.54, 1.807) is 34.9 Å². The normalized spacial score (nSPS) is 11.3. The molecule has 0 spiro atoms. The second-order valence-electron chi connectivity index (χ2n) is 6.86. The van der Waals surface area contributed by atoms with E-state index in [9.17, 15) is 9.90 Å². The Morgan fingerprint density at radius 2 is 1.69 bits per heavy atom. The summed E-state index contributed by atoms with van der Waals surface area (Å²) in [5.74, 6) is -0.425. The van der Waals surface area contributed by atoms with Crippen LogP contribution in [0.1, 0.15) is 5.56 Å². The number of nitrogens with zero attached hydrogens (tertiary/aromatic N) is 3. The van der Waals surface area contributed by atoms with Gasteiger partial charge in [0.15, 0.2) is 12.3 Å². The summed E-state index contributed by atoms with van der Waals surface area (Å²) in [6.45, 7) is 0.0280. The number of carbonyl (C=O) groups excluding carboxylic acids is 1. The molecule has 4 aromatic rings. The maximum atomic E-state index is 12.2. The van der Waals surface area contributed by atoms with Crippen molar-refractivity contribution in [1.82, 2.24) is 4.57 Å². The van der Waals surface area contributed by atoms with Crippen LogP contribution < -0.4 is 4.74 Å². The number of aromatic hydroxyl groups is 1. The second-order valence-corrected chi connectivity index (χ2v) is 8.14. The third kappa shape index (κ3) is 4.88. The maximum Gasteiger partial charge on any atom is 0.302 e. The monoisotopic (exact) mass is 487 g/mol. The molecule has 0 radical (unpaired) electrons. The van der Waals surface area contributed by atoms with Crippen LogP contribution in [0.25, 0.3) is 10.9 Å². The van der Waals surface area contributed by atoms with Crippen molar-refractivity contribution in [2.24, 2.45) is 10.2 Å². The molecule has 1 N–H and O–H groups in total. The first kappa shape index (κ1) is 22.1. The number of aromatic nitrogens is 1. The number of fused-ring (bicyclic) bond motifs is 1. The number of carbonyl (C=O) groups is 1. The van der Waals surface area contributed by atoms with E-state index >= 15 is 0 Å². The van der Waals surface area contributed by atoms with E-state index in [1.807, 2.05) is 30.3 Å². The van der Waals surface area contributed by atoms with Gasteiger partial charge in [-0.2, -0.15) is 0 Å². The zero-order chi connectivity index (χ0) is 22.7. The molecule has 32 heavy (non-hydrogen) atoms. The smallest absolute Gasteiger partial charge is 0.302 e. The Morgan fingerprint density at radius 3 is 2.44 bits per heavy atom. The predicted octanol–water partition coefficient (Wildman–Crippen LogP) is 7.04. The standard InChI is InChI=1S/C23H16Cl3N3O3/c24-15-7-5-14(6-8-15)12-29-19-4-2-1-3-17(19)22(23(29)31)28-27-21(30)13-32-20-10-9-16(25)11-18(20)26/h1-11,31H,12-13H2. The minimum absolute atomic E-state index is 0.0978. The van der Waals surface area contributed by atoms with Crippen molar-refractivity contribution in [2.45, 2.75) is 6.54 Å². The summed E-state index contributed by atoms with van der Waals surface area (Å²) in [7, 11) is 0. The van der Waals surface area contributed by atoms with Crippen molar-refractivity contribution in [3.8, 4) is 11.6 Å². The molecule has 0 saturated carbocycles. The Labute approximate surface area is 198 Å². The van der Waals surface area contributed by atoms with Crippen molar-refractivity contribution < 1.29 is 14.6 Å². The van der Waals surface area contributed by atoms with Crippen molar-refractivity contribution >= 4 is 57.3 Å². The van der Waals surface area contributed by atoms with E-state index in [0.717, 1.165) is 11.1 Å². The summed E-state index contributed by atoms with van der Waals surface area (Å²) in [6, 6.07) is 19.3. The predicted molar refractivity (Wildman–Crippen MR) is 126 cm³/mol. The summed E-state index contributed by atoms with van der Waals surface area (Å²) in [6.07, 6.45) is 0. The third-order valence-electron chi connectivity index (χ3n) is 4.68. The largest absolute Gasteiger partial charge is 0.493 e. The molecule has 1 heterocycles. The summed E-state index contributed by atoms with van der Waals surface area (Å²) in [5.41, 5.74) is 1.90. The number of para-hydroxylation sites is 1. The highest BCUT2D eigenvalue weighted by Crippen LogP contribution is 2.39. The van der Waals surface area contributed by atoms with Crippen LogP contribution in [0.15, 0.2) is 77.0 Å². The van der Waals surface area contributed by atoms with Crippen LogP contribution in [0.3, 0.4) is 0 Å². The van der Waals surface area contributed by atoms with E-state index in [0.29, 0.717) is 27.7 Å². The molecule has 3 aromatic carbocycles. The zero-order valence-electron chi connectivity index (χ0n) is 16.5. The zero-order valence-corrected chi connectivity index (χ0v) is 18.8. The van der Waals surface area contributed by atoms with Crippen LogP contribution in [-0.4, -0.2) is 22.2 Å². The Balaban J connectivity index is 1.55. The van der Waals surface area contributed by atoms with Crippen LogP contribution in [0.5, 0.6) is 11.6 Å². The van der Waals surface area contributed by atoms with Gasteiger partial charge >= 0.3 is 5.91 Å². The molecular weight excluding hydrogens is 473 g/mol. The SMILES string of the molecule is O=C(COc1ccc(Cl)cc1Cl)N=Nc1c(O)n(Cc2ccc(Cl)cc2)c2ccccc12. The Hall–Kier alpha value is -3.06. The molecule has 0 aliphatic rings. The summed E-state index contributed by atoms with van der Waals surface area (Å²) < 4.78 is 7.08. The van der Waals surface area contributed by atoms with E-state index in [-0.39, 0.29) is 23.2 Å². The van der Waals surface area contributed by atoms with Crippen LogP contribution in [0.4, 0.5) is 5.69 Å². The first-order chi connectivity index (χ1) is 15.4. The fourth-order valence-electron chi connectivity index (χ4n) is 3.17. The van der Waals surface area contributed by atoms with Gasteiger partial charge in [-0.1, -0.05) is 65.1 Å². The number of ether oxygens (including phenoxy) is 1. The average Bonchev–Trinajstić information content (AvgIpc) is 3.04. The van der Waals surface area contributed by atoms with Crippen LogP contribution in [0, 0.1) is 0 Å². The summed E-state index contributed by atoms with van der Waals surface area (Å²) >= 11 is 17.8. The number of rotatable bonds is 6. The fraction of sp³-hybridized carbons (Fsp3) is 0.0870. The molecule has 1 amide bonds. The minimum Gasteiger partial charge on any atom is -0.493 e. The molecular formula is C23H16Cl3N3O3. The van der Waals surface area contributed by atoms with E-state index in [2.05, 4.69) is 10.2 Å². The molecule has 0 saturated heterocycles. The highest BCUT2D eigenvalue weighted by Gasteiger charge is 2.17. The fourth-order valence-corrected chi connectivity index (χ4v) is 3.76. The first-order valence-electron chi connectivity index (χ1n) is 9.49. The highest BCUT2D eigenvalue weighted by molar-refractivity contribution is 6.35. The lowest BCUT2D eigenvalue weighted by Gasteiger charge is -2.07. The topological polar surface area (TPSA) is 76.2 Å². The lowest BCUT2D eigenvalue weighted by molar-refractivity contribution is -0.120. The lowest BCUT2D eigenvalue weighted by atomic mass is 10.2. The number of halogens is 3. The number of hydrogen-bond acceptors (Lipinski definition) is 4. The van der Waals surface area contributed by atoms with Crippen molar-refractivity contribution in [2.75, 3.05) is 6.61 Å². The molecule has 0 aliphatic heterocycles. The molecule has 0 fully saturated rings. The van der Waals surface area contributed by atoms with E-state index in [4.69, 9.17) is 39.5 Å². The van der Waals surface area contributed by atoms with Crippen LogP contribution in [0.2, 0.25) is 15.1 Å². The number of amides is 1. The van der Waals surface area contributed by atoms with Gasteiger partial charge in [-0.05, 0) is 42.0 Å². The third-order valence-corrected chi connectivity index (χ3v) is 5.46. The van der Waals surface area contributed by atoms with Crippen LogP contribution >= 0.6 is 34.8 Å². The van der Waals surface area contributed by atoms with Gasteiger partial charge in [-0.3, -0.25) is 4.79 Å². The summed E-state index contributed by atoms with van der Waals surface area (Å²) in [5, 5.41) is 20.6. The second kappa shape index (κ2) is 9.61. The van der Waals surface area contributed by atoms with Gasteiger partial charge in [-0.15, -0.1) is 10.2 Å². The Morgan fingerprint density at radius 1 is 0.969 bits per heavy atom. The van der Waals surface area contributed by atoms with Crippen LogP contribution in [-0.2, 0) is 11.3 Å². The first-order valence-corrected chi connectivity index (χ1v) is 10.6. The van der Waals surface area contributed by atoms with Crippen molar-refractivity contribution in [3.63, 3.8) is 0 Å². The molecule has 162 valence electrons.